The summed E-state index contributed by atoms with van der Waals surface area (Å²) >= 11 is 0. The van der Waals surface area contributed by atoms with Gasteiger partial charge in [-0.1, -0.05) is 0 Å². The molecule has 0 radical (unpaired) electrons. The van der Waals surface area contributed by atoms with Crippen molar-refractivity contribution in [1.29, 1.82) is 0 Å². The van der Waals surface area contributed by atoms with Gasteiger partial charge in [-0.15, -0.1) is 0 Å². The fourth-order valence-corrected chi connectivity index (χ4v) is 1.39. The summed E-state index contributed by atoms with van der Waals surface area (Å²) in [6.07, 6.45) is 1.28. The van der Waals surface area contributed by atoms with E-state index in [2.05, 4.69) is 14.7 Å². The second-order valence-corrected chi connectivity index (χ2v) is 4.11. The third kappa shape index (κ3) is 3.21. The molecule has 0 fully saturated rings. The molecule has 0 N–H and O–H groups in total. The molecule has 0 bridgehead atoms. The van der Waals surface area contributed by atoms with E-state index in [0.717, 1.165) is 18.0 Å². The van der Waals surface area contributed by atoms with Crippen LogP contribution in [-0.2, 0) is 0 Å². The Hall–Kier alpha value is -2.08. The zero-order chi connectivity index (χ0) is 13.0. The maximum atomic E-state index is 10.9. The second-order valence-electron chi connectivity index (χ2n) is 4.11. The van der Waals surface area contributed by atoms with Crippen molar-refractivity contribution in [3.8, 4) is 17.4 Å². The van der Waals surface area contributed by atoms with Gasteiger partial charge in [0.25, 0.3) is 0 Å². The molecule has 1 aromatic carbocycles. The molecule has 2 rings (SSSR count). The van der Waals surface area contributed by atoms with E-state index >= 15 is 0 Å². The summed E-state index contributed by atoms with van der Waals surface area (Å²) in [5.74, 6) is 0.313. The highest BCUT2D eigenvalue weighted by molar-refractivity contribution is 5.31. The van der Waals surface area contributed by atoms with Crippen LogP contribution in [0.25, 0.3) is 5.69 Å². The van der Waals surface area contributed by atoms with E-state index in [-0.39, 0.29) is 0 Å². The number of hydrogen-bond acceptors (Lipinski definition) is 5. The van der Waals surface area contributed by atoms with Crippen LogP contribution in [0.2, 0.25) is 0 Å². The molecule has 0 amide bonds. The molecule has 1 aromatic heterocycles. The third-order valence-corrected chi connectivity index (χ3v) is 2.35. The topological polar surface area (TPSA) is 65.4 Å². The van der Waals surface area contributed by atoms with E-state index in [1.807, 2.05) is 38.4 Å². The van der Waals surface area contributed by atoms with Crippen LogP contribution in [0.1, 0.15) is 0 Å². The van der Waals surface area contributed by atoms with Crippen molar-refractivity contribution in [3.63, 3.8) is 0 Å². The summed E-state index contributed by atoms with van der Waals surface area (Å²) in [7, 11) is 3.99. The SMILES string of the molecule is CN(C)CCOc1ccc(-[n+]2cc([O-])on2)cc1. The molecular formula is C12H15N3O3. The van der Waals surface area contributed by atoms with Gasteiger partial charge < -0.3 is 19.3 Å². The van der Waals surface area contributed by atoms with Crippen molar-refractivity contribution in [2.24, 2.45) is 0 Å². The molecule has 6 heteroatoms. The first-order valence-corrected chi connectivity index (χ1v) is 5.59. The lowest BCUT2D eigenvalue weighted by Gasteiger charge is -2.10. The van der Waals surface area contributed by atoms with E-state index in [4.69, 9.17) is 4.74 Å². The predicted molar refractivity (Wildman–Crippen MR) is 61.5 cm³/mol. The minimum atomic E-state index is -0.471. The van der Waals surface area contributed by atoms with E-state index in [9.17, 15) is 5.11 Å². The van der Waals surface area contributed by atoms with Crippen LogP contribution < -0.4 is 14.5 Å². The Labute approximate surface area is 105 Å². The lowest BCUT2D eigenvalue weighted by Crippen LogP contribution is -2.31. The molecule has 0 aliphatic rings. The van der Waals surface area contributed by atoms with Crippen LogP contribution >= 0.6 is 0 Å². The number of likely N-dealkylation sites (N-methyl/N-ethyl adjacent to an activating group) is 1. The highest BCUT2D eigenvalue weighted by Gasteiger charge is 2.08. The summed E-state index contributed by atoms with van der Waals surface area (Å²) in [5, 5.41) is 14.4. The number of aromatic nitrogens is 2. The molecule has 0 aliphatic heterocycles. The molecule has 0 unspecified atom stereocenters. The van der Waals surface area contributed by atoms with E-state index < -0.39 is 5.95 Å². The van der Waals surface area contributed by atoms with Crippen LogP contribution in [0, 0.1) is 0 Å². The maximum absolute atomic E-state index is 10.9. The van der Waals surface area contributed by atoms with E-state index in [1.54, 1.807) is 0 Å². The van der Waals surface area contributed by atoms with E-state index in [1.165, 1.54) is 10.9 Å². The lowest BCUT2D eigenvalue weighted by atomic mass is 10.3. The van der Waals surface area contributed by atoms with Gasteiger partial charge in [0.2, 0.25) is 11.9 Å². The first-order chi connectivity index (χ1) is 8.65. The van der Waals surface area contributed by atoms with Gasteiger partial charge in [0, 0.05) is 18.7 Å². The monoisotopic (exact) mass is 249 g/mol. The molecule has 18 heavy (non-hydrogen) atoms. The van der Waals surface area contributed by atoms with Gasteiger partial charge in [0.05, 0.1) is 5.27 Å². The molecular weight excluding hydrogens is 234 g/mol. The summed E-state index contributed by atoms with van der Waals surface area (Å²) < 4.78 is 11.4. The minimum Gasteiger partial charge on any atom is -0.539 e. The van der Waals surface area contributed by atoms with Crippen LogP contribution in [0.3, 0.4) is 0 Å². The summed E-state index contributed by atoms with van der Waals surface area (Å²) in [5.41, 5.74) is 0.751. The average molecular weight is 249 g/mol. The van der Waals surface area contributed by atoms with Gasteiger partial charge in [-0.3, -0.25) is 0 Å². The molecule has 0 spiro atoms. The molecule has 0 aliphatic carbocycles. The number of hydrogen-bond donors (Lipinski definition) is 0. The average Bonchev–Trinajstić information content (AvgIpc) is 2.76. The van der Waals surface area contributed by atoms with E-state index in [0.29, 0.717) is 6.61 Å². The largest absolute Gasteiger partial charge is 0.539 e. The van der Waals surface area contributed by atoms with Crippen molar-refractivity contribution >= 4 is 0 Å². The number of ether oxygens (including phenoxy) is 1. The number of nitrogens with zero attached hydrogens (tertiary/aromatic N) is 3. The molecule has 96 valence electrons. The first kappa shape index (κ1) is 12.4. The van der Waals surface area contributed by atoms with Crippen molar-refractivity contribution in [1.82, 2.24) is 10.2 Å². The van der Waals surface area contributed by atoms with Crippen molar-refractivity contribution in [2.45, 2.75) is 0 Å². The summed E-state index contributed by atoms with van der Waals surface area (Å²) in [6, 6.07) is 7.29. The van der Waals surface area contributed by atoms with Crippen molar-refractivity contribution in [3.05, 3.63) is 30.5 Å². The summed E-state index contributed by atoms with van der Waals surface area (Å²) in [6.45, 7) is 1.49. The van der Waals surface area contributed by atoms with Gasteiger partial charge in [0.1, 0.15) is 18.3 Å². The smallest absolute Gasteiger partial charge is 0.239 e. The van der Waals surface area contributed by atoms with Gasteiger partial charge in [0.15, 0.2) is 0 Å². The first-order valence-electron chi connectivity index (χ1n) is 5.59. The fourth-order valence-electron chi connectivity index (χ4n) is 1.39. The second kappa shape index (κ2) is 5.50. The molecule has 2 aromatic rings. The zero-order valence-corrected chi connectivity index (χ0v) is 10.4. The fraction of sp³-hybridized carbons (Fsp3) is 0.333. The molecule has 0 saturated heterocycles. The zero-order valence-electron chi connectivity index (χ0n) is 10.4. The Morgan fingerprint density at radius 3 is 2.61 bits per heavy atom. The highest BCUT2D eigenvalue weighted by atomic mass is 16.6. The Morgan fingerprint density at radius 1 is 1.33 bits per heavy atom. The quantitative estimate of drug-likeness (QED) is 0.696. The molecule has 1 heterocycles. The van der Waals surface area contributed by atoms with Crippen LogP contribution in [0.15, 0.2) is 35.0 Å². The Bertz CT molecular complexity index is 494. The van der Waals surface area contributed by atoms with Crippen LogP contribution in [0.5, 0.6) is 11.7 Å². The Balaban J connectivity index is 1.97. The van der Waals surface area contributed by atoms with Crippen molar-refractivity contribution in [2.75, 3.05) is 27.2 Å². The van der Waals surface area contributed by atoms with Crippen LogP contribution in [0.4, 0.5) is 0 Å². The summed E-state index contributed by atoms with van der Waals surface area (Å²) in [4.78, 5) is 2.05. The van der Waals surface area contributed by atoms with Crippen LogP contribution in [-0.4, -0.2) is 37.4 Å². The third-order valence-electron chi connectivity index (χ3n) is 2.35. The standard InChI is InChI=1S/C12H15N3O3/c1-14(2)7-8-17-11-5-3-10(4-6-11)15-9-12(16)18-13-15/h3-6,9H,7-8H2,1-2H3. The lowest BCUT2D eigenvalue weighted by molar-refractivity contribution is -0.670. The molecule has 0 atom stereocenters. The Morgan fingerprint density at radius 2 is 2.06 bits per heavy atom. The van der Waals surface area contributed by atoms with Gasteiger partial charge in [-0.25, -0.2) is 0 Å². The maximum Gasteiger partial charge on any atom is 0.239 e. The predicted octanol–water partition coefficient (Wildman–Crippen LogP) is -0.0347. The minimum absolute atomic E-state index is 0.471. The molecule has 0 saturated carbocycles. The molecule has 6 nitrogen and oxygen atoms in total. The normalized spacial score (nSPS) is 10.8. The van der Waals surface area contributed by atoms with Gasteiger partial charge in [-0.05, 0) is 30.9 Å². The number of rotatable bonds is 5. The highest BCUT2D eigenvalue weighted by Crippen LogP contribution is 2.12. The van der Waals surface area contributed by atoms with Gasteiger partial charge in [-0.2, -0.15) is 0 Å². The van der Waals surface area contributed by atoms with Gasteiger partial charge >= 0.3 is 0 Å². The van der Waals surface area contributed by atoms with Crippen molar-refractivity contribution < 1.29 is 19.0 Å². The Kier molecular flexibility index (Phi) is 3.78. The number of benzene rings is 1.